The zero-order valence-corrected chi connectivity index (χ0v) is 12.4. The fourth-order valence-corrected chi connectivity index (χ4v) is 1.92. The van der Waals surface area contributed by atoms with E-state index in [4.69, 9.17) is 9.47 Å². The van der Waals surface area contributed by atoms with E-state index in [2.05, 4.69) is 43.4 Å². The summed E-state index contributed by atoms with van der Waals surface area (Å²) in [6.45, 7) is 7.63. The second kappa shape index (κ2) is 9.96. The van der Waals surface area contributed by atoms with Crippen molar-refractivity contribution in [2.24, 2.45) is 0 Å². The lowest BCUT2D eigenvalue weighted by Crippen LogP contribution is -2.16. The second-order valence-electron chi connectivity index (χ2n) is 5.01. The van der Waals surface area contributed by atoms with E-state index in [1.54, 1.807) is 7.11 Å². The molecule has 0 aliphatic carbocycles. The number of benzene rings is 1. The molecule has 1 rings (SSSR count). The molecule has 1 aromatic carbocycles. The van der Waals surface area contributed by atoms with Gasteiger partial charge in [0.2, 0.25) is 0 Å². The molecule has 0 atom stereocenters. The van der Waals surface area contributed by atoms with Crippen LogP contribution in [0.4, 0.5) is 0 Å². The van der Waals surface area contributed by atoms with Gasteiger partial charge in [0, 0.05) is 20.3 Å². The third-order valence-corrected chi connectivity index (χ3v) is 2.93. The van der Waals surface area contributed by atoms with E-state index in [9.17, 15) is 0 Å². The topological polar surface area (TPSA) is 30.5 Å². The van der Waals surface area contributed by atoms with Crippen LogP contribution in [0.1, 0.15) is 37.8 Å². The number of rotatable bonds is 10. The minimum Gasteiger partial charge on any atom is -0.380 e. The summed E-state index contributed by atoms with van der Waals surface area (Å²) in [7, 11) is 1.74. The van der Waals surface area contributed by atoms with Gasteiger partial charge in [0.1, 0.15) is 0 Å². The molecule has 0 saturated heterocycles. The van der Waals surface area contributed by atoms with E-state index in [1.807, 2.05) is 0 Å². The van der Waals surface area contributed by atoms with Crippen molar-refractivity contribution in [2.75, 3.05) is 20.3 Å². The largest absolute Gasteiger partial charge is 0.380 e. The summed E-state index contributed by atoms with van der Waals surface area (Å²) >= 11 is 0. The minimum absolute atomic E-state index is 0.342. The molecule has 0 amide bonds. The molecule has 3 nitrogen and oxygen atoms in total. The molecule has 1 aromatic rings. The molecule has 0 spiro atoms. The van der Waals surface area contributed by atoms with Gasteiger partial charge in [-0.2, -0.15) is 0 Å². The van der Waals surface area contributed by atoms with Crippen molar-refractivity contribution >= 4 is 0 Å². The molecule has 0 aromatic heterocycles. The van der Waals surface area contributed by atoms with Crippen molar-refractivity contribution < 1.29 is 9.47 Å². The summed E-state index contributed by atoms with van der Waals surface area (Å²) in [5.41, 5.74) is 2.59. The van der Waals surface area contributed by atoms with Crippen molar-refractivity contribution in [2.45, 2.75) is 45.9 Å². The van der Waals surface area contributed by atoms with Gasteiger partial charge >= 0.3 is 0 Å². The van der Waals surface area contributed by atoms with Crippen LogP contribution < -0.4 is 5.32 Å². The maximum absolute atomic E-state index is 5.51. The van der Waals surface area contributed by atoms with Crippen LogP contribution in [0.5, 0.6) is 0 Å². The van der Waals surface area contributed by atoms with E-state index in [1.165, 1.54) is 11.1 Å². The Labute approximate surface area is 117 Å². The average molecular weight is 265 g/mol. The molecule has 19 heavy (non-hydrogen) atoms. The van der Waals surface area contributed by atoms with Gasteiger partial charge in [0.05, 0.1) is 12.7 Å². The zero-order chi connectivity index (χ0) is 13.9. The number of unbranched alkanes of at least 4 members (excludes halogenated alkanes) is 1. The van der Waals surface area contributed by atoms with Gasteiger partial charge in [0.15, 0.2) is 0 Å². The Morgan fingerprint density at radius 3 is 2.53 bits per heavy atom. The molecule has 0 aliphatic rings. The first-order valence-electron chi connectivity index (χ1n) is 7.12. The number of ether oxygens (including phenoxy) is 2. The van der Waals surface area contributed by atoms with Crippen molar-refractivity contribution in [3.8, 4) is 0 Å². The second-order valence-corrected chi connectivity index (χ2v) is 5.01. The molecule has 1 N–H and O–H groups in total. The summed E-state index contributed by atoms with van der Waals surface area (Å²) in [5.74, 6) is 0. The van der Waals surface area contributed by atoms with Crippen molar-refractivity contribution in [1.82, 2.24) is 5.32 Å². The molecule has 0 saturated carbocycles. The highest BCUT2D eigenvalue weighted by Gasteiger charge is 2.00. The van der Waals surface area contributed by atoms with E-state index in [-0.39, 0.29) is 0 Å². The van der Waals surface area contributed by atoms with Gasteiger partial charge in [-0.05, 0) is 44.4 Å². The molecule has 0 bridgehead atoms. The summed E-state index contributed by atoms with van der Waals surface area (Å²) in [5, 5.41) is 3.48. The quantitative estimate of drug-likeness (QED) is 0.659. The van der Waals surface area contributed by atoms with Gasteiger partial charge < -0.3 is 14.8 Å². The Bertz CT molecular complexity index is 339. The molecule has 0 fully saturated rings. The van der Waals surface area contributed by atoms with Crippen molar-refractivity contribution in [3.63, 3.8) is 0 Å². The lowest BCUT2D eigenvalue weighted by Gasteiger charge is -2.10. The van der Waals surface area contributed by atoms with Crippen LogP contribution in [0.2, 0.25) is 0 Å². The van der Waals surface area contributed by atoms with Gasteiger partial charge in [-0.15, -0.1) is 0 Å². The monoisotopic (exact) mass is 265 g/mol. The van der Waals surface area contributed by atoms with E-state index < -0.39 is 0 Å². The van der Waals surface area contributed by atoms with Crippen LogP contribution >= 0.6 is 0 Å². The fraction of sp³-hybridized carbons (Fsp3) is 0.625. The standard InChI is InChI=1S/C16H27NO2/c1-14(2)19-11-7-6-10-17-12-15-8-4-5-9-16(15)13-18-3/h4-5,8-9,14,17H,6-7,10-13H2,1-3H3. The number of methoxy groups -OCH3 is 1. The average Bonchev–Trinajstić information content (AvgIpc) is 2.39. The lowest BCUT2D eigenvalue weighted by molar-refractivity contribution is 0.0760. The molecule has 0 radical (unpaired) electrons. The molecule has 0 aliphatic heterocycles. The Morgan fingerprint density at radius 1 is 1.11 bits per heavy atom. The maximum Gasteiger partial charge on any atom is 0.0716 e. The highest BCUT2D eigenvalue weighted by atomic mass is 16.5. The van der Waals surface area contributed by atoms with E-state index in [0.717, 1.165) is 32.5 Å². The van der Waals surface area contributed by atoms with Gasteiger partial charge in [0.25, 0.3) is 0 Å². The lowest BCUT2D eigenvalue weighted by atomic mass is 10.1. The highest BCUT2D eigenvalue weighted by molar-refractivity contribution is 5.26. The molecule has 108 valence electrons. The van der Waals surface area contributed by atoms with Crippen LogP contribution in [0.15, 0.2) is 24.3 Å². The smallest absolute Gasteiger partial charge is 0.0716 e. The third kappa shape index (κ3) is 7.31. The highest BCUT2D eigenvalue weighted by Crippen LogP contribution is 2.09. The SMILES string of the molecule is COCc1ccccc1CNCCCCOC(C)C. The normalized spacial score (nSPS) is 11.2. The predicted octanol–water partition coefficient (Wildman–Crippen LogP) is 3.13. The van der Waals surface area contributed by atoms with Gasteiger partial charge in [-0.1, -0.05) is 24.3 Å². The minimum atomic E-state index is 0.342. The first-order chi connectivity index (χ1) is 9.24. The van der Waals surface area contributed by atoms with Crippen molar-refractivity contribution in [3.05, 3.63) is 35.4 Å². The number of hydrogen-bond acceptors (Lipinski definition) is 3. The van der Waals surface area contributed by atoms with Crippen LogP contribution in [-0.4, -0.2) is 26.4 Å². The van der Waals surface area contributed by atoms with Crippen LogP contribution in [0, 0.1) is 0 Å². The van der Waals surface area contributed by atoms with Crippen molar-refractivity contribution in [1.29, 1.82) is 0 Å². The van der Waals surface area contributed by atoms with E-state index >= 15 is 0 Å². The van der Waals surface area contributed by atoms with Crippen LogP contribution in [0.3, 0.4) is 0 Å². The van der Waals surface area contributed by atoms with Gasteiger partial charge in [-0.3, -0.25) is 0 Å². The molecular formula is C16H27NO2. The summed E-state index contributed by atoms with van der Waals surface area (Å²) in [6, 6.07) is 8.41. The molecule has 3 heteroatoms. The first-order valence-corrected chi connectivity index (χ1v) is 7.12. The van der Waals surface area contributed by atoms with Crippen LogP contribution in [-0.2, 0) is 22.6 Å². The first kappa shape index (κ1) is 16.2. The summed E-state index contributed by atoms with van der Waals surface area (Å²) < 4.78 is 10.7. The number of nitrogens with one attached hydrogen (secondary N) is 1. The summed E-state index contributed by atoms with van der Waals surface area (Å²) in [6.07, 6.45) is 2.61. The zero-order valence-electron chi connectivity index (χ0n) is 12.4. The van der Waals surface area contributed by atoms with Crippen LogP contribution in [0.25, 0.3) is 0 Å². The third-order valence-electron chi connectivity index (χ3n) is 2.93. The van der Waals surface area contributed by atoms with Gasteiger partial charge in [-0.25, -0.2) is 0 Å². The van der Waals surface area contributed by atoms with E-state index in [0.29, 0.717) is 12.7 Å². The predicted molar refractivity (Wildman–Crippen MR) is 79.2 cm³/mol. The molecule has 0 heterocycles. The summed E-state index contributed by atoms with van der Waals surface area (Å²) in [4.78, 5) is 0. The molecule has 0 unspecified atom stereocenters. The number of hydrogen-bond donors (Lipinski definition) is 1. The Hall–Kier alpha value is -0.900. The Kier molecular flexibility index (Phi) is 8.47. The Balaban J connectivity index is 2.15. The fourth-order valence-electron chi connectivity index (χ4n) is 1.92. The maximum atomic E-state index is 5.51. The molecular weight excluding hydrogens is 238 g/mol. The Morgan fingerprint density at radius 2 is 1.84 bits per heavy atom.